The zero-order valence-corrected chi connectivity index (χ0v) is 8.58. The van der Waals surface area contributed by atoms with Gasteiger partial charge in [0.2, 0.25) is 0 Å². The van der Waals surface area contributed by atoms with Crippen LogP contribution in [-0.2, 0) is 14.3 Å². The van der Waals surface area contributed by atoms with Gasteiger partial charge in [0.1, 0.15) is 0 Å². The van der Waals surface area contributed by atoms with Crippen molar-refractivity contribution in [2.24, 2.45) is 0 Å². The van der Waals surface area contributed by atoms with Crippen molar-refractivity contribution in [1.29, 1.82) is 0 Å². The van der Waals surface area contributed by atoms with Gasteiger partial charge in [-0.1, -0.05) is 13.3 Å². The molecule has 80 valence electrons. The molecule has 14 heavy (non-hydrogen) atoms. The summed E-state index contributed by atoms with van der Waals surface area (Å²) in [7, 11) is 0. The number of carbonyl (C=O) groups excluding carboxylic acids is 2. The summed E-state index contributed by atoms with van der Waals surface area (Å²) in [4.78, 5) is 21.8. The quantitative estimate of drug-likeness (QED) is 0.307. The zero-order chi connectivity index (χ0) is 11.0. The molecule has 0 aromatic carbocycles. The largest absolute Gasteiger partial charge is 0.512 e. The first-order valence-corrected chi connectivity index (χ1v) is 4.72. The highest BCUT2D eigenvalue weighted by Crippen LogP contribution is 2.03. The number of ketones is 1. The average molecular weight is 200 g/mol. The molecule has 0 amide bonds. The molecule has 0 rings (SSSR count). The molecule has 0 fully saturated rings. The van der Waals surface area contributed by atoms with E-state index in [2.05, 4.69) is 4.74 Å². The van der Waals surface area contributed by atoms with E-state index in [0.29, 0.717) is 6.42 Å². The molecule has 0 aromatic heterocycles. The predicted molar refractivity (Wildman–Crippen MR) is 51.9 cm³/mol. The minimum absolute atomic E-state index is 0.0649. The Morgan fingerprint density at radius 3 is 2.50 bits per heavy atom. The molecule has 0 bridgehead atoms. The Morgan fingerprint density at radius 1 is 1.36 bits per heavy atom. The van der Waals surface area contributed by atoms with Gasteiger partial charge in [-0.3, -0.25) is 4.79 Å². The molecule has 0 spiro atoms. The van der Waals surface area contributed by atoms with Crippen LogP contribution in [0.25, 0.3) is 0 Å². The molecule has 0 unspecified atom stereocenters. The molecule has 4 heteroatoms. The summed E-state index contributed by atoms with van der Waals surface area (Å²) >= 11 is 0. The lowest BCUT2D eigenvalue weighted by atomic mass is 10.2. The van der Waals surface area contributed by atoms with Crippen molar-refractivity contribution in [1.82, 2.24) is 0 Å². The minimum atomic E-state index is -0.921. The van der Waals surface area contributed by atoms with Crippen LogP contribution in [-0.4, -0.2) is 23.5 Å². The van der Waals surface area contributed by atoms with Crippen molar-refractivity contribution in [3.63, 3.8) is 0 Å². The molecule has 0 aliphatic carbocycles. The van der Waals surface area contributed by atoms with Crippen LogP contribution in [0.5, 0.6) is 0 Å². The summed E-state index contributed by atoms with van der Waals surface area (Å²) in [5.74, 6) is -1.79. The topological polar surface area (TPSA) is 63.6 Å². The summed E-state index contributed by atoms with van der Waals surface area (Å²) < 4.78 is 4.46. The first-order valence-electron chi connectivity index (χ1n) is 4.72. The number of rotatable bonds is 6. The lowest BCUT2D eigenvalue weighted by molar-refractivity contribution is -0.151. The lowest BCUT2D eigenvalue weighted by Gasteiger charge is -1.98. The van der Waals surface area contributed by atoms with Crippen LogP contribution in [0.4, 0.5) is 0 Å². The molecule has 0 radical (unpaired) electrons. The van der Waals surface area contributed by atoms with Crippen molar-refractivity contribution < 1.29 is 19.4 Å². The predicted octanol–water partition coefficient (Wildman–Crippen LogP) is 1.75. The summed E-state index contributed by atoms with van der Waals surface area (Å²) in [5, 5.41) is 9.20. The van der Waals surface area contributed by atoms with E-state index in [1.54, 1.807) is 6.92 Å². The highest BCUT2D eigenvalue weighted by atomic mass is 16.5. The van der Waals surface area contributed by atoms with E-state index in [4.69, 9.17) is 0 Å². The second-order valence-electron chi connectivity index (χ2n) is 2.82. The van der Waals surface area contributed by atoms with Crippen LogP contribution in [0.15, 0.2) is 11.8 Å². The zero-order valence-electron chi connectivity index (χ0n) is 8.58. The minimum Gasteiger partial charge on any atom is -0.512 e. The van der Waals surface area contributed by atoms with Gasteiger partial charge < -0.3 is 9.84 Å². The highest BCUT2D eigenvalue weighted by molar-refractivity contribution is 6.38. The molecule has 1 N–H and O–H groups in total. The third-order valence-electron chi connectivity index (χ3n) is 1.56. The van der Waals surface area contributed by atoms with Gasteiger partial charge in [0.25, 0.3) is 5.78 Å². The Labute approximate surface area is 83.6 Å². The van der Waals surface area contributed by atoms with Gasteiger partial charge in [0, 0.05) is 12.5 Å². The highest BCUT2D eigenvalue weighted by Gasteiger charge is 2.12. The molecule has 0 saturated carbocycles. The van der Waals surface area contributed by atoms with E-state index < -0.39 is 11.8 Å². The molecule has 0 atom stereocenters. The van der Waals surface area contributed by atoms with Gasteiger partial charge in [-0.15, -0.1) is 0 Å². The number of allylic oxidation sites excluding steroid dienone is 1. The molecule has 0 aliphatic heterocycles. The van der Waals surface area contributed by atoms with Crippen molar-refractivity contribution >= 4 is 11.8 Å². The third-order valence-corrected chi connectivity index (χ3v) is 1.56. The molecule has 0 aromatic rings. The maximum Gasteiger partial charge on any atom is 0.379 e. The Morgan fingerprint density at radius 2 is 2.00 bits per heavy atom. The fourth-order valence-electron chi connectivity index (χ4n) is 0.843. The van der Waals surface area contributed by atoms with Crippen molar-refractivity contribution in [3.05, 3.63) is 11.8 Å². The number of esters is 1. The number of aliphatic hydroxyl groups excluding tert-OH is 1. The standard InChI is InChI=1S/C10H16O4/c1-3-5-6-8(11)7-9(12)10(13)14-4-2/h7,11H,3-6H2,1-2H3. The molecule has 0 saturated heterocycles. The molecule has 0 aliphatic rings. The molecular weight excluding hydrogens is 184 g/mol. The van der Waals surface area contributed by atoms with Gasteiger partial charge in [0.05, 0.1) is 12.4 Å². The van der Waals surface area contributed by atoms with Crippen LogP contribution >= 0.6 is 0 Å². The van der Waals surface area contributed by atoms with Gasteiger partial charge in [-0.05, 0) is 13.3 Å². The number of hydrogen-bond acceptors (Lipinski definition) is 4. The normalized spacial score (nSPS) is 11.1. The average Bonchev–Trinajstić information content (AvgIpc) is 2.15. The van der Waals surface area contributed by atoms with Crippen molar-refractivity contribution in [3.8, 4) is 0 Å². The van der Waals surface area contributed by atoms with Gasteiger partial charge >= 0.3 is 5.97 Å². The fourth-order valence-corrected chi connectivity index (χ4v) is 0.843. The van der Waals surface area contributed by atoms with Crippen molar-refractivity contribution in [2.75, 3.05) is 6.61 Å². The van der Waals surface area contributed by atoms with Gasteiger partial charge in [0.15, 0.2) is 0 Å². The van der Waals surface area contributed by atoms with E-state index in [1.165, 1.54) is 0 Å². The SMILES string of the molecule is CCCCC(O)=CC(=O)C(=O)OCC. The van der Waals surface area contributed by atoms with Crippen LogP contribution in [0.3, 0.4) is 0 Å². The maximum atomic E-state index is 11.0. The van der Waals surface area contributed by atoms with E-state index in [0.717, 1.165) is 18.9 Å². The monoisotopic (exact) mass is 200 g/mol. The number of hydrogen-bond donors (Lipinski definition) is 1. The van der Waals surface area contributed by atoms with E-state index in [-0.39, 0.29) is 12.4 Å². The summed E-state index contributed by atoms with van der Waals surface area (Å²) in [5.41, 5.74) is 0. The Kier molecular flexibility index (Phi) is 6.45. The lowest BCUT2D eigenvalue weighted by Crippen LogP contribution is -2.15. The van der Waals surface area contributed by atoms with E-state index in [9.17, 15) is 14.7 Å². The van der Waals surface area contributed by atoms with Gasteiger partial charge in [-0.25, -0.2) is 4.79 Å². The molecule has 0 heterocycles. The van der Waals surface area contributed by atoms with E-state index >= 15 is 0 Å². The third kappa shape index (κ3) is 5.35. The van der Waals surface area contributed by atoms with Crippen LogP contribution in [0.1, 0.15) is 33.1 Å². The van der Waals surface area contributed by atoms with Crippen molar-refractivity contribution in [2.45, 2.75) is 33.1 Å². The fraction of sp³-hybridized carbons (Fsp3) is 0.600. The summed E-state index contributed by atoms with van der Waals surface area (Å²) in [6, 6.07) is 0. The van der Waals surface area contributed by atoms with Crippen LogP contribution < -0.4 is 0 Å². The smallest absolute Gasteiger partial charge is 0.379 e. The van der Waals surface area contributed by atoms with E-state index in [1.807, 2.05) is 6.92 Å². The first kappa shape index (κ1) is 12.7. The summed E-state index contributed by atoms with van der Waals surface area (Å²) in [6.45, 7) is 3.75. The Hall–Kier alpha value is -1.32. The number of carbonyl (C=O) groups is 2. The van der Waals surface area contributed by atoms with Crippen LogP contribution in [0.2, 0.25) is 0 Å². The molecular formula is C10H16O4. The number of ether oxygens (including phenoxy) is 1. The summed E-state index contributed by atoms with van der Waals surface area (Å²) in [6.07, 6.45) is 3.05. The maximum absolute atomic E-state index is 11.0. The second-order valence-corrected chi connectivity index (χ2v) is 2.82. The first-order chi connectivity index (χ1) is 6.61. The van der Waals surface area contributed by atoms with Gasteiger partial charge in [-0.2, -0.15) is 0 Å². The number of unbranched alkanes of at least 4 members (excludes halogenated alkanes) is 1. The molecule has 4 nitrogen and oxygen atoms in total. The number of aliphatic hydroxyl groups is 1. The second kappa shape index (κ2) is 7.12. The Bertz CT molecular complexity index is 230. The Balaban J connectivity index is 4.06. The van der Waals surface area contributed by atoms with Crippen LogP contribution in [0, 0.1) is 0 Å².